The summed E-state index contributed by atoms with van der Waals surface area (Å²) in [4.78, 5) is 46.0. The molecule has 3 heterocycles. The van der Waals surface area contributed by atoms with Crippen LogP contribution in [0, 0.1) is 0 Å². The summed E-state index contributed by atoms with van der Waals surface area (Å²) in [6, 6.07) is 17.6. The zero-order valence-electron chi connectivity index (χ0n) is 26.4. The summed E-state index contributed by atoms with van der Waals surface area (Å²) in [6.45, 7) is 3.95. The van der Waals surface area contributed by atoms with Gasteiger partial charge in [0, 0.05) is 25.8 Å². The molecule has 0 fully saturated rings. The molecule has 0 saturated carbocycles. The van der Waals surface area contributed by atoms with Gasteiger partial charge in [-0.3, -0.25) is 9.78 Å². The Labute approximate surface area is 267 Å². The fourth-order valence-electron chi connectivity index (χ4n) is 4.87. The van der Waals surface area contributed by atoms with E-state index in [2.05, 4.69) is 27.1 Å². The topological polar surface area (TPSA) is 134 Å². The molecule has 5 aromatic rings. The molecular weight excluding hydrogens is 586 g/mol. The maximum absolute atomic E-state index is 13.9. The average Bonchev–Trinajstić information content (AvgIpc) is 3.09. The van der Waals surface area contributed by atoms with Crippen LogP contribution in [-0.2, 0) is 24.4 Å². The number of carbonyl (C=O) groups is 1. The van der Waals surface area contributed by atoms with E-state index in [1.54, 1.807) is 20.4 Å². The number of hydrogen-bond donors (Lipinski definition) is 1. The molecule has 0 aliphatic rings. The van der Waals surface area contributed by atoms with Crippen LogP contribution < -0.4 is 25.2 Å². The standard InChI is InChI=1S/C34H37N7O5/c1-5-6-16-35-31-30-28(15-17-40(32(30)42)22-25-18-37-29(19-36-25)33(43)46-4)38-34(39-31)41(20-23-7-11-26(44-2)12-8-23)21-24-9-13-27(45-3)14-10-24/h7-15,17-19H,5-6,16,20-22H2,1-4H3,(H,35,38,39). The van der Waals surface area contributed by atoms with Crippen LogP contribution in [0.4, 0.5) is 11.8 Å². The quantitative estimate of drug-likeness (QED) is 0.134. The number of ether oxygens (including phenoxy) is 3. The molecule has 12 nitrogen and oxygen atoms in total. The maximum Gasteiger partial charge on any atom is 0.358 e. The molecule has 0 aliphatic carbocycles. The van der Waals surface area contributed by atoms with Gasteiger partial charge in [0.1, 0.15) is 22.7 Å². The fraction of sp³-hybridized carbons (Fsp3) is 0.294. The van der Waals surface area contributed by atoms with Gasteiger partial charge >= 0.3 is 5.97 Å². The molecule has 3 aromatic heterocycles. The van der Waals surface area contributed by atoms with Gasteiger partial charge in [0.05, 0.1) is 51.5 Å². The van der Waals surface area contributed by atoms with Crippen molar-refractivity contribution in [2.24, 2.45) is 0 Å². The molecule has 0 saturated heterocycles. The zero-order valence-corrected chi connectivity index (χ0v) is 26.4. The molecule has 2 aromatic carbocycles. The molecule has 0 spiro atoms. The number of methoxy groups -OCH3 is 3. The van der Waals surface area contributed by atoms with Crippen LogP contribution >= 0.6 is 0 Å². The number of pyridine rings is 1. The summed E-state index contributed by atoms with van der Waals surface area (Å²) >= 11 is 0. The van der Waals surface area contributed by atoms with E-state index < -0.39 is 5.97 Å². The van der Waals surface area contributed by atoms with Gasteiger partial charge in [0.2, 0.25) is 5.95 Å². The van der Waals surface area contributed by atoms with E-state index >= 15 is 0 Å². The van der Waals surface area contributed by atoms with Crippen molar-refractivity contribution in [2.45, 2.75) is 39.4 Å². The van der Waals surface area contributed by atoms with Crippen LogP contribution in [0.3, 0.4) is 0 Å². The Balaban J connectivity index is 1.54. The number of hydrogen-bond acceptors (Lipinski definition) is 11. The Kier molecular flexibility index (Phi) is 10.4. The summed E-state index contributed by atoms with van der Waals surface area (Å²) in [7, 11) is 4.57. The van der Waals surface area contributed by atoms with Crippen molar-refractivity contribution >= 4 is 28.6 Å². The minimum Gasteiger partial charge on any atom is -0.497 e. The second kappa shape index (κ2) is 15.0. The SMILES string of the molecule is CCCCNc1nc(N(Cc2ccc(OC)cc2)Cc2ccc(OC)cc2)nc2ccn(Cc3cnc(C(=O)OC)cn3)c(=O)c12. The highest BCUT2D eigenvalue weighted by atomic mass is 16.5. The van der Waals surface area contributed by atoms with E-state index in [0.717, 1.165) is 35.5 Å². The minimum absolute atomic E-state index is 0.0919. The van der Waals surface area contributed by atoms with Gasteiger partial charge in [-0.25, -0.2) is 14.8 Å². The Morgan fingerprint density at radius 2 is 1.52 bits per heavy atom. The van der Waals surface area contributed by atoms with Gasteiger partial charge in [-0.15, -0.1) is 0 Å². The first kappa shape index (κ1) is 31.9. The van der Waals surface area contributed by atoms with Crippen molar-refractivity contribution in [3.05, 3.63) is 106 Å². The number of anilines is 2. The number of benzene rings is 2. The van der Waals surface area contributed by atoms with Crippen LogP contribution in [0.5, 0.6) is 11.5 Å². The third-order valence-electron chi connectivity index (χ3n) is 7.42. The van der Waals surface area contributed by atoms with Crippen molar-refractivity contribution in [3.8, 4) is 11.5 Å². The highest BCUT2D eigenvalue weighted by Crippen LogP contribution is 2.25. The van der Waals surface area contributed by atoms with Gasteiger partial charge in [-0.1, -0.05) is 37.6 Å². The number of unbranched alkanes of at least 4 members (excludes halogenated alkanes) is 1. The van der Waals surface area contributed by atoms with E-state index in [1.807, 2.05) is 54.6 Å². The first-order valence-electron chi connectivity index (χ1n) is 15.0. The number of esters is 1. The number of fused-ring (bicyclic) bond motifs is 1. The minimum atomic E-state index is -0.578. The normalized spacial score (nSPS) is 10.9. The van der Waals surface area contributed by atoms with E-state index in [-0.39, 0.29) is 17.8 Å². The fourth-order valence-corrected chi connectivity index (χ4v) is 4.87. The molecule has 0 radical (unpaired) electrons. The van der Waals surface area contributed by atoms with Gasteiger partial charge < -0.3 is 29.0 Å². The highest BCUT2D eigenvalue weighted by molar-refractivity contribution is 5.89. The summed E-state index contributed by atoms with van der Waals surface area (Å²) in [6.07, 6.45) is 6.37. The molecular formula is C34H37N7O5. The van der Waals surface area contributed by atoms with E-state index in [9.17, 15) is 9.59 Å². The zero-order chi connectivity index (χ0) is 32.5. The molecule has 0 aliphatic heterocycles. The Morgan fingerprint density at radius 3 is 2.07 bits per heavy atom. The first-order chi connectivity index (χ1) is 22.4. The molecule has 1 N–H and O–H groups in total. The number of nitrogens with one attached hydrogen (secondary N) is 1. The van der Waals surface area contributed by atoms with Crippen molar-refractivity contribution in [1.82, 2.24) is 24.5 Å². The molecule has 0 bridgehead atoms. The summed E-state index contributed by atoms with van der Waals surface area (Å²) in [5.41, 5.74) is 2.96. The van der Waals surface area contributed by atoms with E-state index in [0.29, 0.717) is 48.0 Å². The van der Waals surface area contributed by atoms with Gasteiger partial charge in [0.25, 0.3) is 5.56 Å². The predicted octanol–water partition coefficient (Wildman–Crippen LogP) is 4.85. The molecule has 5 rings (SSSR count). The monoisotopic (exact) mass is 623 g/mol. The molecule has 0 atom stereocenters. The Hall–Kier alpha value is -5.52. The third-order valence-corrected chi connectivity index (χ3v) is 7.42. The number of nitrogens with zero attached hydrogens (tertiary/aromatic N) is 6. The first-order valence-corrected chi connectivity index (χ1v) is 15.0. The molecule has 12 heteroatoms. The Bertz CT molecular complexity index is 1780. The van der Waals surface area contributed by atoms with Crippen LogP contribution in [0.1, 0.15) is 47.1 Å². The molecule has 238 valence electrons. The number of rotatable bonds is 14. The Morgan fingerprint density at radius 1 is 0.870 bits per heavy atom. The third kappa shape index (κ3) is 7.57. The second-order valence-corrected chi connectivity index (χ2v) is 10.6. The molecule has 46 heavy (non-hydrogen) atoms. The van der Waals surface area contributed by atoms with Crippen LogP contribution in [-0.4, -0.2) is 58.3 Å². The smallest absolute Gasteiger partial charge is 0.358 e. The number of carbonyl (C=O) groups excluding carboxylic acids is 1. The largest absolute Gasteiger partial charge is 0.497 e. The second-order valence-electron chi connectivity index (χ2n) is 10.6. The van der Waals surface area contributed by atoms with Crippen LogP contribution in [0.25, 0.3) is 10.9 Å². The van der Waals surface area contributed by atoms with Crippen molar-refractivity contribution in [3.63, 3.8) is 0 Å². The van der Waals surface area contributed by atoms with Crippen molar-refractivity contribution < 1.29 is 19.0 Å². The lowest BCUT2D eigenvalue weighted by molar-refractivity contribution is 0.0593. The summed E-state index contributed by atoms with van der Waals surface area (Å²) in [5, 5.41) is 3.78. The van der Waals surface area contributed by atoms with Gasteiger partial charge in [-0.05, 0) is 47.9 Å². The molecule has 0 unspecified atom stereocenters. The lowest BCUT2D eigenvalue weighted by Crippen LogP contribution is -2.27. The summed E-state index contributed by atoms with van der Waals surface area (Å²) < 4.78 is 16.9. The van der Waals surface area contributed by atoms with Crippen molar-refractivity contribution in [1.29, 1.82) is 0 Å². The van der Waals surface area contributed by atoms with Crippen LogP contribution in [0.2, 0.25) is 0 Å². The van der Waals surface area contributed by atoms with Gasteiger partial charge in [0.15, 0.2) is 5.69 Å². The highest BCUT2D eigenvalue weighted by Gasteiger charge is 2.19. The van der Waals surface area contributed by atoms with Crippen LogP contribution in [0.15, 0.2) is 78.0 Å². The van der Waals surface area contributed by atoms with E-state index in [1.165, 1.54) is 24.1 Å². The molecule has 0 amide bonds. The number of aromatic nitrogens is 5. The van der Waals surface area contributed by atoms with Crippen molar-refractivity contribution in [2.75, 3.05) is 38.1 Å². The predicted molar refractivity (Wildman–Crippen MR) is 176 cm³/mol. The van der Waals surface area contributed by atoms with Gasteiger partial charge in [-0.2, -0.15) is 4.98 Å². The lowest BCUT2D eigenvalue weighted by atomic mass is 10.1. The lowest BCUT2D eigenvalue weighted by Gasteiger charge is -2.24. The maximum atomic E-state index is 13.9. The van der Waals surface area contributed by atoms with E-state index in [4.69, 9.17) is 24.2 Å². The average molecular weight is 624 g/mol. The summed E-state index contributed by atoms with van der Waals surface area (Å²) in [5.74, 6) is 1.92.